The van der Waals surface area contributed by atoms with Crippen LogP contribution in [-0.2, 0) is 0 Å². The molecule has 1 heterocycles. The summed E-state index contributed by atoms with van der Waals surface area (Å²) in [4.78, 5) is 2.44. The average molecular weight is 319 g/mol. The Bertz CT molecular complexity index is 420. The van der Waals surface area contributed by atoms with Gasteiger partial charge in [-0.2, -0.15) is 0 Å². The Morgan fingerprint density at radius 2 is 2.00 bits per heavy atom. The molecule has 1 atom stereocenters. The van der Waals surface area contributed by atoms with E-state index in [1.807, 2.05) is 18.2 Å². The summed E-state index contributed by atoms with van der Waals surface area (Å²) in [5, 5.41) is 13.9. The Hall–Kier alpha value is -0.320. The Kier molecular flexibility index (Phi) is 6.76. The zero-order chi connectivity index (χ0) is 13.9. The molecule has 0 amide bonds. The molecule has 2 rings (SSSR count). The molecule has 1 aliphatic rings. The first-order valence-corrected chi connectivity index (χ1v) is 7.23. The molecule has 3 nitrogen and oxygen atoms in total. The van der Waals surface area contributed by atoms with Crippen molar-refractivity contribution in [3.05, 3.63) is 34.9 Å². The normalized spacial score (nSPS) is 18.4. The van der Waals surface area contributed by atoms with E-state index in [1.165, 1.54) is 5.56 Å². The van der Waals surface area contributed by atoms with Crippen LogP contribution < -0.4 is 5.32 Å². The van der Waals surface area contributed by atoms with Crippen LogP contribution in [0.3, 0.4) is 0 Å². The summed E-state index contributed by atoms with van der Waals surface area (Å²) in [5.74, 6) is 0. The van der Waals surface area contributed by atoms with E-state index < -0.39 is 0 Å². The van der Waals surface area contributed by atoms with E-state index >= 15 is 0 Å². The van der Waals surface area contributed by atoms with E-state index in [-0.39, 0.29) is 30.5 Å². The summed E-state index contributed by atoms with van der Waals surface area (Å²) < 4.78 is 0. The van der Waals surface area contributed by atoms with Crippen molar-refractivity contribution < 1.29 is 5.11 Å². The van der Waals surface area contributed by atoms with E-state index in [2.05, 4.69) is 30.1 Å². The lowest BCUT2D eigenvalue weighted by Gasteiger charge is -2.43. The van der Waals surface area contributed by atoms with E-state index in [4.69, 9.17) is 11.6 Å². The third-order valence-electron chi connectivity index (χ3n) is 3.83. The Labute approximate surface area is 132 Å². The van der Waals surface area contributed by atoms with Crippen molar-refractivity contribution >= 4 is 24.0 Å². The summed E-state index contributed by atoms with van der Waals surface area (Å²) in [6, 6.07) is 8.20. The van der Waals surface area contributed by atoms with Gasteiger partial charge >= 0.3 is 0 Å². The highest BCUT2D eigenvalue weighted by atomic mass is 35.5. The lowest BCUT2D eigenvalue weighted by molar-refractivity contribution is 0.0305. The third kappa shape index (κ3) is 4.09. The van der Waals surface area contributed by atoms with Gasteiger partial charge in [0.1, 0.15) is 0 Å². The van der Waals surface area contributed by atoms with Gasteiger partial charge in [0.2, 0.25) is 0 Å². The van der Waals surface area contributed by atoms with Crippen LogP contribution in [0, 0.1) is 5.41 Å². The molecule has 114 valence electrons. The van der Waals surface area contributed by atoms with Crippen molar-refractivity contribution in [2.45, 2.75) is 19.9 Å². The van der Waals surface area contributed by atoms with Crippen molar-refractivity contribution in [1.29, 1.82) is 0 Å². The van der Waals surface area contributed by atoms with Crippen LogP contribution in [0.5, 0.6) is 0 Å². The van der Waals surface area contributed by atoms with Gasteiger partial charge in [0.15, 0.2) is 0 Å². The Balaban J connectivity index is 0.00000200. The van der Waals surface area contributed by atoms with Crippen LogP contribution in [0.2, 0.25) is 5.02 Å². The number of halogens is 2. The van der Waals surface area contributed by atoms with E-state index in [9.17, 15) is 5.11 Å². The summed E-state index contributed by atoms with van der Waals surface area (Å²) in [7, 11) is 0. The molecule has 1 aromatic carbocycles. The molecule has 0 aliphatic carbocycles. The number of hydrogen-bond donors (Lipinski definition) is 2. The average Bonchev–Trinajstić information content (AvgIpc) is 2.40. The number of piperazine rings is 1. The fourth-order valence-electron chi connectivity index (χ4n) is 2.86. The van der Waals surface area contributed by atoms with E-state index in [1.54, 1.807) is 0 Å². The van der Waals surface area contributed by atoms with Crippen molar-refractivity contribution in [2.24, 2.45) is 5.41 Å². The minimum absolute atomic E-state index is 0. The second-order valence-corrected chi connectivity index (χ2v) is 6.33. The van der Waals surface area contributed by atoms with Crippen molar-refractivity contribution in [3.8, 4) is 0 Å². The van der Waals surface area contributed by atoms with Crippen molar-refractivity contribution in [1.82, 2.24) is 10.2 Å². The van der Waals surface area contributed by atoms with Crippen LogP contribution in [0.1, 0.15) is 25.5 Å². The standard InChI is InChI=1S/C15H23ClN2O.ClH/c1-15(2,11-19)14(18-8-6-17-7-9-18)12-4-3-5-13(16)10-12;/h3-5,10,14,17,19H,6-9,11H2,1-2H3;1H/t14-;/m1./s1. The molecule has 0 spiro atoms. The van der Waals surface area contributed by atoms with Gasteiger partial charge in [0.05, 0.1) is 0 Å². The minimum atomic E-state index is -0.192. The second kappa shape index (κ2) is 7.62. The predicted molar refractivity (Wildman–Crippen MR) is 86.8 cm³/mol. The van der Waals surface area contributed by atoms with Gasteiger partial charge in [0, 0.05) is 49.3 Å². The zero-order valence-electron chi connectivity index (χ0n) is 12.1. The van der Waals surface area contributed by atoms with Gasteiger partial charge in [-0.05, 0) is 17.7 Å². The van der Waals surface area contributed by atoms with Crippen LogP contribution in [0.25, 0.3) is 0 Å². The zero-order valence-corrected chi connectivity index (χ0v) is 13.7. The number of nitrogens with zero attached hydrogens (tertiary/aromatic N) is 1. The fourth-order valence-corrected chi connectivity index (χ4v) is 3.06. The molecule has 0 aromatic heterocycles. The smallest absolute Gasteiger partial charge is 0.0500 e. The molecule has 1 fully saturated rings. The molecule has 0 saturated carbocycles. The van der Waals surface area contributed by atoms with Crippen molar-refractivity contribution in [2.75, 3.05) is 32.8 Å². The van der Waals surface area contributed by atoms with Gasteiger partial charge in [-0.3, -0.25) is 4.90 Å². The van der Waals surface area contributed by atoms with Gasteiger partial charge in [0.25, 0.3) is 0 Å². The van der Waals surface area contributed by atoms with Gasteiger partial charge in [-0.1, -0.05) is 37.6 Å². The molecule has 5 heteroatoms. The van der Waals surface area contributed by atoms with Gasteiger partial charge in [-0.25, -0.2) is 0 Å². The minimum Gasteiger partial charge on any atom is -0.396 e. The van der Waals surface area contributed by atoms with Gasteiger partial charge < -0.3 is 10.4 Å². The molecule has 1 aromatic rings. The first kappa shape index (κ1) is 17.7. The molecule has 0 radical (unpaired) electrons. The summed E-state index contributed by atoms with van der Waals surface area (Å²) in [6.07, 6.45) is 0. The molecule has 0 unspecified atom stereocenters. The number of nitrogens with one attached hydrogen (secondary N) is 1. The van der Waals surface area contributed by atoms with Crippen LogP contribution >= 0.6 is 24.0 Å². The highest BCUT2D eigenvalue weighted by Crippen LogP contribution is 2.38. The topological polar surface area (TPSA) is 35.5 Å². The fraction of sp³-hybridized carbons (Fsp3) is 0.600. The van der Waals surface area contributed by atoms with Gasteiger partial charge in [-0.15, -0.1) is 12.4 Å². The number of aliphatic hydroxyl groups excluding tert-OH is 1. The largest absolute Gasteiger partial charge is 0.396 e. The number of benzene rings is 1. The molecule has 1 aliphatic heterocycles. The van der Waals surface area contributed by atoms with E-state index in [0.29, 0.717) is 0 Å². The summed E-state index contributed by atoms with van der Waals surface area (Å²) in [6.45, 7) is 8.38. The lowest BCUT2D eigenvalue weighted by atomic mass is 9.80. The van der Waals surface area contributed by atoms with Crippen molar-refractivity contribution in [3.63, 3.8) is 0 Å². The molecule has 20 heavy (non-hydrogen) atoms. The van der Waals surface area contributed by atoms with Crippen LogP contribution in [-0.4, -0.2) is 42.8 Å². The first-order valence-electron chi connectivity index (χ1n) is 6.86. The first-order chi connectivity index (χ1) is 9.04. The summed E-state index contributed by atoms with van der Waals surface area (Å²) in [5.41, 5.74) is 0.996. The SMILES string of the molecule is CC(C)(CO)[C@@H](c1cccc(Cl)c1)N1CCNCC1.Cl. The lowest BCUT2D eigenvalue weighted by Crippen LogP contribution is -2.49. The number of rotatable bonds is 4. The molecular weight excluding hydrogens is 295 g/mol. The van der Waals surface area contributed by atoms with Crippen LogP contribution in [0.4, 0.5) is 0 Å². The number of hydrogen-bond acceptors (Lipinski definition) is 3. The maximum Gasteiger partial charge on any atom is 0.0500 e. The number of aliphatic hydroxyl groups is 1. The monoisotopic (exact) mass is 318 g/mol. The van der Waals surface area contributed by atoms with E-state index in [0.717, 1.165) is 31.2 Å². The Morgan fingerprint density at radius 3 is 2.55 bits per heavy atom. The molecule has 1 saturated heterocycles. The Morgan fingerprint density at radius 1 is 1.35 bits per heavy atom. The third-order valence-corrected chi connectivity index (χ3v) is 4.06. The molecule has 2 N–H and O–H groups in total. The maximum atomic E-state index is 9.75. The highest BCUT2D eigenvalue weighted by molar-refractivity contribution is 6.30. The second-order valence-electron chi connectivity index (χ2n) is 5.89. The quantitative estimate of drug-likeness (QED) is 0.896. The highest BCUT2D eigenvalue weighted by Gasteiger charge is 2.35. The molecule has 0 bridgehead atoms. The maximum absolute atomic E-state index is 9.75. The summed E-state index contributed by atoms with van der Waals surface area (Å²) >= 11 is 6.13. The van der Waals surface area contributed by atoms with Crippen LogP contribution in [0.15, 0.2) is 24.3 Å². The predicted octanol–water partition coefficient (Wildman–Crippen LogP) is 2.73. The molecular formula is C15H24Cl2N2O.